The number of hydrogen-bond acceptors (Lipinski definition) is 3. The molecule has 1 unspecified atom stereocenters. The maximum atomic E-state index is 11.5. The zero-order valence-electron chi connectivity index (χ0n) is 10.6. The number of piperidine rings is 1. The Morgan fingerprint density at radius 3 is 2.62 bits per heavy atom. The van der Waals surface area contributed by atoms with Crippen LogP contribution in [0.5, 0.6) is 0 Å². The van der Waals surface area contributed by atoms with Crippen LogP contribution in [-0.2, 0) is 4.79 Å². The number of rotatable bonds is 6. The van der Waals surface area contributed by atoms with Gasteiger partial charge in [0.05, 0.1) is 0 Å². The second kappa shape index (κ2) is 7.63. The van der Waals surface area contributed by atoms with Crippen molar-refractivity contribution < 1.29 is 4.79 Å². The highest BCUT2D eigenvalue weighted by atomic mass is 16.2. The van der Waals surface area contributed by atoms with Gasteiger partial charge in [-0.3, -0.25) is 10.2 Å². The molecule has 1 atom stereocenters. The highest BCUT2D eigenvalue weighted by Gasteiger charge is 2.11. The molecule has 16 heavy (non-hydrogen) atoms. The smallest absolute Gasteiger partial charge is 0.235 e. The van der Waals surface area contributed by atoms with Crippen molar-refractivity contribution in [1.29, 1.82) is 0 Å². The molecule has 1 heterocycles. The fraction of sp³-hybridized carbons (Fsp3) is 0.917. The van der Waals surface area contributed by atoms with Gasteiger partial charge in [0.15, 0.2) is 0 Å². The first-order valence-electron chi connectivity index (χ1n) is 6.49. The number of carbonyl (C=O) groups excluding carboxylic acids is 1. The van der Waals surface area contributed by atoms with E-state index in [1.54, 1.807) is 0 Å². The minimum atomic E-state index is 0.103. The fourth-order valence-electron chi connectivity index (χ4n) is 1.81. The molecule has 1 amide bonds. The summed E-state index contributed by atoms with van der Waals surface area (Å²) in [5.41, 5.74) is 5.76. The maximum Gasteiger partial charge on any atom is 0.235 e. The Bertz CT molecular complexity index is 202. The average Bonchev–Trinajstić information content (AvgIpc) is 2.34. The van der Waals surface area contributed by atoms with Crippen molar-refractivity contribution in [2.45, 2.75) is 52.0 Å². The lowest BCUT2D eigenvalue weighted by molar-refractivity contribution is -0.122. The molecule has 1 aliphatic rings. The van der Waals surface area contributed by atoms with Crippen LogP contribution in [0, 0.1) is 0 Å². The number of likely N-dealkylation sites (tertiary alicyclic amines) is 1. The molecular formula is C12H25N3O. The molecule has 0 aromatic rings. The summed E-state index contributed by atoms with van der Waals surface area (Å²) >= 11 is 0. The van der Waals surface area contributed by atoms with Gasteiger partial charge >= 0.3 is 0 Å². The SMILES string of the molecule is CCC(C)NNC(=O)CCN1CCCCC1. The van der Waals surface area contributed by atoms with Crippen LogP contribution in [0.4, 0.5) is 0 Å². The monoisotopic (exact) mass is 227 g/mol. The maximum absolute atomic E-state index is 11.5. The third-order valence-electron chi connectivity index (χ3n) is 3.17. The van der Waals surface area contributed by atoms with Crippen molar-refractivity contribution in [1.82, 2.24) is 15.8 Å². The van der Waals surface area contributed by atoms with E-state index in [4.69, 9.17) is 0 Å². The molecule has 94 valence electrons. The molecule has 2 N–H and O–H groups in total. The number of carbonyl (C=O) groups is 1. The summed E-state index contributed by atoms with van der Waals surface area (Å²) in [5.74, 6) is 0.103. The van der Waals surface area contributed by atoms with Gasteiger partial charge in [-0.2, -0.15) is 0 Å². The van der Waals surface area contributed by atoms with Gasteiger partial charge in [0.25, 0.3) is 0 Å². The predicted molar refractivity (Wildman–Crippen MR) is 65.9 cm³/mol. The molecule has 1 fully saturated rings. The summed E-state index contributed by atoms with van der Waals surface area (Å²) in [6.07, 6.45) is 5.54. The lowest BCUT2D eigenvalue weighted by Gasteiger charge is -2.26. The van der Waals surface area contributed by atoms with E-state index in [9.17, 15) is 4.79 Å². The molecule has 0 aliphatic carbocycles. The first-order valence-corrected chi connectivity index (χ1v) is 6.49. The van der Waals surface area contributed by atoms with Crippen LogP contribution >= 0.6 is 0 Å². The predicted octanol–water partition coefficient (Wildman–Crippen LogP) is 1.28. The quantitative estimate of drug-likeness (QED) is 0.672. The van der Waals surface area contributed by atoms with Gasteiger partial charge in [0.1, 0.15) is 0 Å². The van der Waals surface area contributed by atoms with Gasteiger partial charge in [-0.1, -0.05) is 13.3 Å². The van der Waals surface area contributed by atoms with E-state index in [2.05, 4.69) is 29.6 Å². The van der Waals surface area contributed by atoms with Crippen LogP contribution in [0.3, 0.4) is 0 Å². The topological polar surface area (TPSA) is 44.4 Å². The molecule has 0 bridgehead atoms. The Morgan fingerprint density at radius 1 is 1.31 bits per heavy atom. The summed E-state index contributed by atoms with van der Waals surface area (Å²) < 4.78 is 0. The van der Waals surface area contributed by atoms with Gasteiger partial charge in [-0.15, -0.1) is 0 Å². The normalized spacial score (nSPS) is 19.4. The highest BCUT2D eigenvalue weighted by molar-refractivity contribution is 5.75. The minimum Gasteiger partial charge on any atom is -0.303 e. The highest BCUT2D eigenvalue weighted by Crippen LogP contribution is 2.08. The van der Waals surface area contributed by atoms with Gasteiger partial charge in [-0.25, -0.2) is 5.43 Å². The molecule has 0 aromatic carbocycles. The van der Waals surface area contributed by atoms with Crippen LogP contribution in [-0.4, -0.2) is 36.5 Å². The van der Waals surface area contributed by atoms with Crippen LogP contribution in [0.2, 0.25) is 0 Å². The van der Waals surface area contributed by atoms with Crippen molar-refractivity contribution in [3.05, 3.63) is 0 Å². The molecule has 0 aromatic heterocycles. The number of hydrazine groups is 1. The van der Waals surface area contributed by atoms with Gasteiger partial charge in [0, 0.05) is 19.0 Å². The fourth-order valence-corrected chi connectivity index (χ4v) is 1.81. The van der Waals surface area contributed by atoms with Crippen LogP contribution in [0.25, 0.3) is 0 Å². The van der Waals surface area contributed by atoms with Crippen molar-refractivity contribution in [3.8, 4) is 0 Å². The number of nitrogens with zero attached hydrogens (tertiary/aromatic N) is 1. The molecule has 1 saturated heterocycles. The number of amides is 1. The lowest BCUT2D eigenvalue weighted by atomic mass is 10.1. The van der Waals surface area contributed by atoms with E-state index in [-0.39, 0.29) is 5.91 Å². The summed E-state index contributed by atoms with van der Waals surface area (Å²) in [7, 11) is 0. The number of hydrogen-bond donors (Lipinski definition) is 2. The van der Waals surface area contributed by atoms with Crippen molar-refractivity contribution >= 4 is 5.91 Å². The van der Waals surface area contributed by atoms with Gasteiger partial charge in [0.2, 0.25) is 5.91 Å². The Morgan fingerprint density at radius 2 is 2.00 bits per heavy atom. The summed E-state index contributed by atoms with van der Waals surface area (Å²) in [4.78, 5) is 13.9. The van der Waals surface area contributed by atoms with Crippen LogP contribution in [0.15, 0.2) is 0 Å². The summed E-state index contributed by atoms with van der Waals surface area (Å²) in [5, 5.41) is 0. The molecule has 0 radical (unpaired) electrons. The third-order valence-corrected chi connectivity index (χ3v) is 3.17. The second-order valence-corrected chi connectivity index (χ2v) is 4.65. The van der Waals surface area contributed by atoms with Crippen molar-refractivity contribution in [3.63, 3.8) is 0 Å². The van der Waals surface area contributed by atoms with E-state index in [0.717, 1.165) is 26.1 Å². The first kappa shape index (κ1) is 13.5. The van der Waals surface area contributed by atoms with E-state index in [1.165, 1.54) is 19.3 Å². The Labute approximate surface area is 98.7 Å². The third kappa shape index (κ3) is 5.47. The van der Waals surface area contributed by atoms with E-state index in [1.807, 2.05) is 0 Å². The average molecular weight is 227 g/mol. The zero-order valence-corrected chi connectivity index (χ0v) is 10.6. The molecule has 0 saturated carbocycles. The van der Waals surface area contributed by atoms with E-state index in [0.29, 0.717) is 12.5 Å². The van der Waals surface area contributed by atoms with E-state index < -0.39 is 0 Å². The van der Waals surface area contributed by atoms with Crippen molar-refractivity contribution in [2.75, 3.05) is 19.6 Å². The lowest BCUT2D eigenvalue weighted by Crippen LogP contribution is -2.44. The molecular weight excluding hydrogens is 202 g/mol. The number of nitrogens with one attached hydrogen (secondary N) is 2. The molecule has 1 aliphatic heterocycles. The largest absolute Gasteiger partial charge is 0.303 e. The van der Waals surface area contributed by atoms with Gasteiger partial charge < -0.3 is 4.90 Å². The van der Waals surface area contributed by atoms with Gasteiger partial charge in [-0.05, 0) is 39.3 Å². The van der Waals surface area contributed by atoms with Crippen molar-refractivity contribution in [2.24, 2.45) is 0 Å². The Kier molecular flexibility index (Phi) is 6.42. The first-order chi connectivity index (χ1) is 7.72. The molecule has 4 nitrogen and oxygen atoms in total. The summed E-state index contributed by atoms with van der Waals surface area (Å²) in [6.45, 7) is 7.37. The zero-order chi connectivity index (χ0) is 11.8. The molecule has 1 rings (SSSR count). The summed E-state index contributed by atoms with van der Waals surface area (Å²) in [6, 6.07) is 0.346. The second-order valence-electron chi connectivity index (χ2n) is 4.65. The minimum absolute atomic E-state index is 0.103. The van der Waals surface area contributed by atoms with Crippen LogP contribution in [0.1, 0.15) is 46.0 Å². The Hall–Kier alpha value is -0.610. The van der Waals surface area contributed by atoms with Crippen LogP contribution < -0.4 is 10.9 Å². The molecule has 4 heteroatoms. The standard InChI is InChI=1S/C12H25N3O/c1-3-11(2)13-14-12(16)7-10-15-8-5-4-6-9-15/h11,13H,3-10H2,1-2H3,(H,14,16). The Balaban J connectivity index is 2.05. The molecule has 0 spiro atoms. The van der Waals surface area contributed by atoms with E-state index >= 15 is 0 Å².